The van der Waals surface area contributed by atoms with Crippen LogP contribution in [0.2, 0.25) is 0 Å². The van der Waals surface area contributed by atoms with E-state index in [1.807, 2.05) is 0 Å². The second kappa shape index (κ2) is 8.30. The zero-order chi connectivity index (χ0) is 16.9. The Balaban J connectivity index is 1.43. The minimum Gasteiger partial charge on any atom is -0.390 e. The number of aryl methyl sites for hydroxylation is 2. The summed E-state index contributed by atoms with van der Waals surface area (Å²) in [6.07, 6.45) is -0.267. The molecular weight excluding hydrogens is 302 g/mol. The van der Waals surface area contributed by atoms with E-state index in [1.165, 1.54) is 16.8 Å². The number of rotatable bonds is 5. The topological polar surface area (TPSA) is 39.2 Å². The molecule has 1 unspecified atom stereocenters. The van der Waals surface area contributed by atoms with Gasteiger partial charge in [-0.05, 0) is 37.1 Å². The predicted octanol–water partition coefficient (Wildman–Crippen LogP) is 1.12. The second-order valence-electron chi connectivity index (χ2n) is 7.12. The van der Waals surface area contributed by atoms with Crippen molar-refractivity contribution in [1.29, 1.82) is 0 Å². The summed E-state index contributed by atoms with van der Waals surface area (Å²) in [6.45, 7) is 13.5. The molecule has 1 aromatic rings. The van der Waals surface area contributed by atoms with Crippen molar-refractivity contribution >= 4 is 5.69 Å². The number of ether oxygens (including phenoxy) is 1. The van der Waals surface area contributed by atoms with E-state index >= 15 is 0 Å². The summed E-state index contributed by atoms with van der Waals surface area (Å²) in [7, 11) is 0. The molecule has 2 heterocycles. The second-order valence-corrected chi connectivity index (χ2v) is 7.12. The van der Waals surface area contributed by atoms with Gasteiger partial charge in [0.05, 0.1) is 19.3 Å². The number of piperazine rings is 1. The summed E-state index contributed by atoms with van der Waals surface area (Å²) in [5, 5.41) is 10.4. The predicted molar refractivity (Wildman–Crippen MR) is 97.8 cm³/mol. The molecule has 0 saturated carbocycles. The van der Waals surface area contributed by atoms with Gasteiger partial charge in [0.2, 0.25) is 0 Å². The van der Waals surface area contributed by atoms with Crippen molar-refractivity contribution in [3.63, 3.8) is 0 Å². The van der Waals surface area contributed by atoms with Gasteiger partial charge in [0.1, 0.15) is 0 Å². The maximum Gasteiger partial charge on any atom is 0.0793 e. The van der Waals surface area contributed by atoms with E-state index in [0.29, 0.717) is 0 Å². The van der Waals surface area contributed by atoms with E-state index in [4.69, 9.17) is 4.74 Å². The van der Waals surface area contributed by atoms with E-state index in [0.717, 1.165) is 65.6 Å². The van der Waals surface area contributed by atoms with Crippen LogP contribution >= 0.6 is 0 Å². The highest BCUT2D eigenvalue weighted by Gasteiger charge is 2.21. The molecule has 2 fully saturated rings. The van der Waals surface area contributed by atoms with Crippen molar-refractivity contribution in [2.45, 2.75) is 20.0 Å². The smallest absolute Gasteiger partial charge is 0.0793 e. The molecular formula is C19H31N3O2. The van der Waals surface area contributed by atoms with E-state index in [2.05, 4.69) is 46.7 Å². The van der Waals surface area contributed by atoms with E-state index < -0.39 is 0 Å². The average Bonchev–Trinajstić information content (AvgIpc) is 2.59. The van der Waals surface area contributed by atoms with Gasteiger partial charge in [0, 0.05) is 58.0 Å². The number of β-amino-alcohol motifs (C(OH)–C–C–N with tert-alkyl or cyclic N) is 1. The first-order valence-electron chi connectivity index (χ1n) is 9.14. The number of aliphatic hydroxyl groups excluding tert-OH is 1. The van der Waals surface area contributed by atoms with Gasteiger partial charge in [-0.25, -0.2) is 0 Å². The molecule has 0 bridgehead atoms. The van der Waals surface area contributed by atoms with Gasteiger partial charge in [-0.2, -0.15) is 0 Å². The molecule has 2 aliphatic heterocycles. The fourth-order valence-electron chi connectivity index (χ4n) is 3.55. The Hall–Kier alpha value is -1.14. The Morgan fingerprint density at radius 2 is 1.54 bits per heavy atom. The van der Waals surface area contributed by atoms with Crippen molar-refractivity contribution in [2.75, 3.05) is 70.5 Å². The lowest BCUT2D eigenvalue weighted by molar-refractivity contribution is 0.00656. The number of morpholine rings is 1. The van der Waals surface area contributed by atoms with Crippen molar-refractivity contribution in [2.24, 2.45) is 0 Å². The number of hydrogen-bond donors (Lipinski definition) is 1. The molecule has 1 N–H and O–H groups in total. The average molecular weight is 333 g/mol. The van der Waals surface area contributed by atoms with Crippen LogP contribution in [0.15, 0.2) is 18.2 Å². The largest absolute Gasteiger partial charge is 0.390 e. The molecule has 2 aliphatic rings. The van der Waals surface area contributed by atoms with E-state index in [9.17, 15) is 5.11 Å². The number of anilines is 1. The molecule has 0 aromatic heterocycles. The van der Waals surface area contributed by atoms with Crippen LogP contribution in [0, 0.1) is 13.8 Å². The van der Waals surface area contributed by atoms with Crippen LogP contribution in [0.5, 0.6) is 0 Å². The van der Waals surface area contributed by atoms with Crippen LogP contribution in [-0.4, -0.2) is 86.6 Å². The van der Waals surface area contributed by atoms with Gasteiger partial charge < -0.3 is 14.7 Å². The minimum atomic E-state index is -0.267. The normalized spacial score (nSPS) is 21.9. The third kappa shape index (κ3) is 4.70. The molecule has 0 radical (unpaired) electrons. The molecule has 0 spiro atoms. The number of hydrogen-bond acceptors (Lipinski definition) is 5. The van der Waals surface area contributed by atoms with Gasteiger partial charge in [-0.15, -0.1) is 0 Å². The maximum atomic E-state index is 10.4. The lowest BCUT2D eigenvalue weighted by Crippen LogP contribution is -2.50. The van der Waals surface area contributed by atoms with Gasteiger partial charge in [-0.1, -0.05) is 6.07 Å². The van der Waals surface area contributed by atoms with Crippen molar-refractivity contribution in [3.05, 3.63) is 29.3 Å². The third-order valence-corrected chi connectivity index (χ3v) is 5.27. The quantitative estimate of drug-likeness (QED) is 0.874. The molecule has 24 heavy (non-hydrogen) atoms. The summed E-state index contributed by atoms with van der Waals surface area (Å²) in [4.78, 5) is 7.15. The number of aliphatic hydroxyl groups is 1. The van der Waals surface area contributed by atoms with E-state index in [1.54, 1.807) is 0 Å². The highest BCUT2D eigenvalue weighted by atomic mass is 16.5. The van der Waals surface area contributed by atoms with Gasteiger partial charge in [0.15, 0.2) is 0 Å². The Bertz CT molecular complexity index is 523. The van der Waals surface area contributed by atoms with Crippen molar-refractivity contribution in [3.8, 4) is 0 Å². The molecule has 3 rings (SSSR count). The Kier molecular flexibility index (Phi) is 6.11. The van der Waals surface area contributed by atoms with Crippen molar-refractivity contribution in [1.82, 2.24) is 9.80 Å². The first kappa shape index (κ1) is 17.7. The molecule has 1 atom stereocenters. The van der Waals surface area contributed by atoms with Gasteiger partial charge in [-0.3, -0.25) is 9.80 Å². The molecule has 0 aliphatic carbocycles. The molecule has 134 valence electrons. The van der Waals surface area contributed by atoms with Crippen LogP contribution in [0.4, 0.5) is 5.69 Å². The lowest BCUT2D eigenvalue weighted by atomic mass is 10.1. The van der Waals surface area contributed by atoms with Crippen molar-refractivity contribution < 1.29 is 9.84 Å². The fraction of sp³-hybridized carbons (Fsp3) is 0.684. The summed E-state index contributed by atoms with van der Waals surface area (Å²) < 4.78 is 5.36. The van der Waals surface area contributed by atoms with Crippen LogP contribution < -0.4 is 4.90 Å². The van der Waals surface area contributed by atoms with Crippen LogP contribution in [0.25, 0.3) is 0 Å². The summed E-state index contributed by atoms with van der Waals surface area (Å²) >= 11 is 0. The molecule has 0 amide bonds. The Labute approximate surface area is 145 Å². The summed E-state index contributed by atoms with van der Waals surface area (Å²) in [6, 6.07) is 6.73. The van der Waals surface area contributed by atoms with Crippen LogP contribution in [-0.2, 0) is 4.74 Å². The number of benzene rings is 1. The lowest BCUT2D eigenvalue weighted by Gasteiger charge is -2.38. The standard InChI is InChI=1S/C19H31N3O2/c1-16-3-4-18(13-17(16)2)22-7-5-20(6-8-22)14-19(23)15-21-9-11-24-12-10-21/h3-4,13,19,23H,5-12,14-15H2,1-2H3. The zero-order valence-electron chi connectivity index (χ0n) is 15.1. The summed E-state index contributed by atoms with van der Waals surface area (Å²) in [5.74, 6) is 0. The third-order valence-electron chi connectivity index (χ3n) is 5.27. The highest BCUT2D eigenvalue weighted by Crippen LogP contribution is 2.20. The van der Waals surface area contributed by atoms with E-state index in [-0.39, 0.29) is 6.10 Å². The molecule has 1 aromatic carbocycles. The Morgan fingerprint density at radius 3 is 2.17 bits per heavy atom. The summed E-state index contributed by atoms with van der Waals surface area (Å²) in [5.41, 5.74) is 4.03. The molecule has 5 nitrogen and oxygen atoms in total. The number of nitrogens with zero attached hydrogens (tertiary/aromatic N) is 3. The highest BCUT2D eigenvalue weighted by molar-refractivity contribution is 5.51. The van der Waals surface area contributed by atoms with Gasteiger partial charge in [0.25, 0.3) is 0 Å². The SMILES string of the molecule is Cc1ccc(N2CCN(CC(O)CN3CCOCC3)CC2)cc1C. The first-order valence-corrected chi connectivity index (χ1v) is 9.14. The molecule has 5 heteroatoms. The van der Waals surface area contributed by atoms with Gasteiger partial charge >= 0.3 is 0 Å². The Morgan fingerprint density at radius 1 is 0.917 bits per heavy atom. The molecule has 2 saturated heterocycles. The maximum absolute atomic E-state index is 10.4. The fourth-order valence-corrected chi connectivity index (χ4v) is 3.55. The zero-order valence-corrected chi connectivity index (χ0v) is 15.1. The minimum absolute atomic E-state index is 0.267. The van der Waals surface area contributed by atoms with Crippen LogP contribution in [0.3, 0.4) is 0 Å². The van der Waals surface area contributed by atoms with Crippen LogP contribution in [0.1, 0.15) is 11.1 Å². The first-order chi connectivity index (χ1) is 11.6. The monoisotopic (exact) mass is 333 g/mol.